The fourth-order valence-electron chi connectivity index (χ4n) is 7.35. The molecule has 0 atom stereocenters. The molecule has 0 amide bonds. The zero-order chi connectivity index (χ0) is 31.6. The molecular weight excluding hydrogens is 589 g/mol. The predicted octanol–water partition coefficient (Wildman–Crippen LogP) is 8.80. The molecule has 10 rings (SSSR count). The van der Waals surface area contributed by atoms with Crippen LogP contribution in [0.1, 0.15) is 0 Å². The molecule has 0 saturated heterocycles. The van der Waals surface area contributed by atoms with E-state index >= 15 is 0 Å². The number of fused-ring (bicyclic) bond motifs is 12. The molecule has 6 nitrogen and oxygen atoms in total. The molecule has 0 saturated carbocycles. The summed E-state index contributed by atoms with van der Waals surface area (Å²) in [4.78, 5) is 29.7. The zero-order valence-electron chi connectivity index (χ0n) is 25.5. The van der Waals surface area contributed by atoms with Gasteiger partial charge < -0.3 is 0 Å². The van der Waals surface area contributed by atoms with Gasteiger partial charge in [-0.05, 0) is 52.6 Å². The highest BCUT2D eigenvalue weighted by atomic mass is 14.9. The summed E-state index contributed by atoms with van der Waals surface area (Å²) >= 11 is 0. The van der Waals surface area contributed by atoms with Crippen LogP contribution in [-0.4, -0.2) is 15.0 Å². The van der Waals surface area contributed by atoms with Crippen LogP contribution < -0.4 is 16.1 Å². The van der Waals surface area contributed by atoms with Crippen molar-refractivity contribution < 1.29 is 0 Å². The Balaban J connectivity index is 1.60. The minimum absolute atomic E-state index is 0.656. The lowest BCUT2D eigenvalue weighted by atomic mass is 9.99. The topological polar surface area (TPSA) is 75.8 Å². The Morgan fingerprint density at radius 1 is 0.271 bits per heavy atom. The molecule has 0 spiro atoms. The van der Waals surface area contributed by atoms with Crippen molar-refractivity contribution in [1.29, 1.82) is 0 Å². The van der Waals surface area contributed by atoms with Gasteiger partial charge in [0.05, 0.1) is 16.1 Å². The highest BCUT2D eigenvalue weighted by molar-refractivity contribution is 6.42. The molecule has 0 bridgehead atoms. The fraction of sp³-hybridized carbons (Fsp3) is 0. The van der Waals surface area contributed by atoms with Crippen molar-refractivity contribution >= 4 is 82.1 Å². The average Bonchev–Trinajstić information content (AvgIpc) is 3.76. The molecule has 0 aliphatic heterocycles. The standard InChI is InChI=1S/C42H24N6/c1-4-16-28-25(13-1)34-37(40(28)46-31-19-7-10-22-43-31)35-27-15-3-6-18-30(27)42(48-33-21-9-12-24-45-33)39(35)36-26-14-2-5-17-29(26)41(38(34)36)47-32-20-8-11-23-44-32/h1-24H. The Morgan fingerprint density at radius 2 is 0.542 bits per heavy atom. The molecule has 6 heteroatoms. The fourth-order valence-corrected chi connectivity index (χ4v) is 7.35. The largest absolute Gasteiger partial charge is 0.237 e. The summed E-state index contributed by atoms with van der Waals surface area (Å²) in [7, 11) is 0. The molecular formula is C42H24N6. The number of rotatable bonds is 3. The minimum atomic E-state index is 0.656. The van der Waals surface area contributed by atoms with Gasteiger partial charge in [-0.1, -0.05) is 91.0 Å². The molecule has 7 aromatic carbocycles. The van der Waals surface area contributed by atoms with Gasteiger partial charge in [0.15, 0.2) is 17.5 Å². The summed E-state index contributed by atoms with van der Waals surface area (Å²) in [6, 6.07) is 43.2. The molecule has 3 heterocycles. The van der Waals surface area contributed by atoms with Crippen molar-refractivity contribution in [3.8, 4) is 0 Å². The van der Waals surface area contributed by atoms with Gasteiger partial charge in [-0.15, -0.1) is 0 Å². The number of pyridine rings is 3. The first kappa shape index (κ1) is 26.5. The SMILES string of the molecule is c1ccc(N=c2c3ccccc3c3c2c2c4ccccc4c(=Nc4ccccn4)c2c2c4ccccc4c(=Nc4ccccn4)c32)nc1. The first-order valence-electron chi connectivity index (χ1n) is 15.9. The molecule has 0 aliphatic rings. The number of hydrogen-bond donors (Lipinski definition) is 0. The van der Waals surface area contributed by atoms with Gasteiger partial charge >= 0.3 is 0 Å². The maximum absolute atomic E-state index is 5.28. The molecule has 3 aromatic heterocycles. The van der Waals surface area contributed by atoms with Crippen LogP contribution in [0, 0.1) is 0 Å². The molecule has 0 aliphatic carbocycles. The Kier molecular flexibility index (Phi) is 5.77. The summed E-state index contributed by atoms with van der Waals surface area (Å²) in [5, 5.41) is 15.8. The van der Waals surface area contributed by atoms with E-state index in [0.717, 1.165) is 80.7 Å². The Labute approximate surface area is 273 Å². The second-order valence-electron chi connectivity index (χ2n) is 11.8. The van der Waals surface area contributed by atoms with E-state index in [4.69, 9.17) is 15.0 Å². The van der Waals surface area contributed by atoms with Crippen molar-refractivity contribution in [2.45, 2.75) is 0 Å². The number of benzene rings is 4. The maximum Gasteiger partial charge on any atom is 0.152 e. The van der Waals surface area contributed by atoms with Gasteiger partial charge in [0.25, 0.3) is 0 Å². The first-order chi connectivity index (χ1) is 23.8. The van der Waals surface area contributed by atoms with Crippen molar-refractivity contribution in [2.75, 3.05) is 0 Å². The summed E-state index contributed by atoms with van der Waals surface area (Å²) in [5.41, 5.74) is 0. The molecule has 48 heavy (non-hydrogen) atoms. The van der Waals surface area contributed by atoms with E-state index in [9.17, 15) is 0 Å². The molecule has 10 aromatic rings. The van der Waals surface area contributed by atoms with E-state index in [2.05, 4.69) is 87.7 Å². The highest BCUT2D eigenvalue weighted by Crippen LogP contribution is 2.43. The van der Waals surface area contributed by atoms with E-state index in [1.54, 1.807) is 18.6 Å². The lowest BCUT2D eigenvalue weighted by Crippen LogP contribution is -2.03. The van der Waals surface area contributed by atoms with E-state index in [0.29, 0.717) is 17.5 Å². The summed E-state index contributed by atoms with van der Waals surface area (Å²) in [5.74, 6) is 1.97. The quantitative estimate of drug-likeness (QED) is 0.200. The van der Waals surface area contributed by atoms with Crippen LogP contribution in [0.15, 0.2) is 161 Å². The van der Waals surface area contributed by atoms with Gasteiger partial charge in [0.2, 0.25) is 0 Å². The van der Waals surface area contributed by atoms with Gasteiger partial charge in [-0.25, -0.2) is 29.9 Å². The zero-order valence-corrected chi connectivity index (χ0v) is 25.5. The third-order valence-electron chi connectivity index (χ3n) is 9.19. The van der Waals surface area contributed by atoms with Crippen LogP contribution in [-0.2, 0) is 0 Å². The van der Waals surface area contributed by atoms with Gasteiger partial charge in [-0.2, -0.15) is 0 Å². The summed E-state index contributed by atoms with van der Waals surface area (Å²) < 4.78 is 0. The monoisotopic (exact) mass is 612 g/mol. The summed E-state index contributed by atoms with van der Waals surface area (Å²) in [6.45, 7) is 0. The van der Waals surface area contributed by atoms with E-state index in [1.165, 1.54) is 0 Å². The predicted molar refractivity (Wildman–Crippen MR) is 193 cm³/mol. The van der Waals surface area contributed by atoms with Crippen molar-refractivity contribution in [1.82, 2.24) is 15.0 Å². The van der Waals surface area contributed by atoms with Gasteiger partial charge in [0.1, 0.15) is 0 Å². The number of hydrogen-bond acceptors (Lipinski definition) is 6. The third-order valence-corrected chi connectivity index (χ3v) is 9.19. The molecule has 0 N–H and O–H groups in total. The highest BCUT2D eigenvalue weighted by Gasteiger charge is 2.25. The van der Waals surface area contributed by atoms with Crippen molar-refractivity contribution in [2.24, 2.45) is 15.0 Å². The number of nitrogens with zero attached hydrogens (tertiary/aromatic N) is 6. The van der Waals surface area contributed by atoms with E-state index < -0.39 is 0 Å². The average molecular weight is 613 g/mol. The second-order valence-corrected chi connectivity index (χ2v) is 11.8. The lowest BCUT2D eigenvalue weighted by molar-refractivity contribution is 1.24. The Hall–Kier alpha value is -6.66. The molecule has 0 unspecified atom stereocenters. The van der Waals surface area contributed by atoms with Crippen LogP contribution in [0.5, 0.6) is 0 Å². The van der Waals surface area contributed by atoms with E-state index in [1.807, 2.05) is 54.6 Å². The van der Waals surface area contributed by atoms with Gasteiger partial charge in [-0.3, -0.25) is 0 Å². The van der Waals surface area contributed by atoms with Gasteiger partial charge in [0, 0.05) is 67.1 Å². The number of aromatic nitrogens is 3. The van der Waals surface area contributed by atoms with Crippen molar-refractivity contribution in [3.63, 3.8) is 0 Å². The summed E-state index contributed by atoms with van der Waals surface area (Å²) in [6.07, 6.45) is 5.36. The molecule has 222 valence electrons. The maximum atomic E-state index is 5.28. The van der Waals surface area contributed by atoms with Crippen LogP contribution in [0.2, 0.25) is 0 Å². The van der Waals surface area contributed by atoms with Crippen LogP contribution in [0.3, 0.4) is 0 Å². The third kappa shape index (κ3) is 3.86. The lowest BCUT2D eigenvalue weighted by Gasteiger charge is -2.04. The normalized spacial score (nSPS) is 13.4. The van der Waals surface area contributed by atoms with E-state index in [-0.39, 0.29) is 0 Å². The van der Waals surface area contributed by atoms with Crippen LogP contribution in [0.4, 0.5) is 17.5 Å². The molecule has 0 fully saturated rings. The van der Waals surface area contributed by atoms with Crippen molar-refractivity contribution in [3.05, 3.63) is 162 Å². The Bertz CT molecular complexity index is 2670. The first-order valence-corrected chi connectivity index (χ1v) is 15.9. The van der Waals surface area contributed by atoms with Crippen LogP contribution in [0.25, 0.3) is 64.6 Å². The Morgan fingerprint density at radius 3 is 0.812 bits per heavy atom. The minimum Gasteiger partial charge on any atom is -0.237 e. The second kappa shape index (κ2) is 10.4. The van der Waals surface area contributed by atoms with Crippen LogP contribution >= 0.6 is 0 Å². The molecule has 0 radical (unpaired) electrons. The smallest absolute Gasteiger partial charge is 0.152 e.